The molecule has 0 unspecified atom stereocenters. The molecule has 6 rings (SSSR count). The number of hydrogen-bond donors (Lipinski definition) is 2. The molecule has 4 aromatic heterocycles. The summed E-state index contributed by atoms with van der Waals surface area (Å²) in [5.74, 6) is 5.80. The Morgan fingerprint density at radius 1 is 1.03 bits per heavy atom. The highest BCUT2D eigenvalue weighted by Gasteiger charge is 2.15. The first-order chi connectivity index (χ1) is 18.9. The molecule has 10 nitrogen and oxygen atoms in total. The second-order valence-corrected chi connectivity index (χ2v) is 8.64. The molecule has 192 valence electrons. The van der Waals surface area contributed by atoms with E-state index in [1.807, 2.05) is 25.4 Å². The van der Waals surface area contributed by atoms with Gasteiger partial charge in [-0.15, -0.1) is 5.10 Å². The first-order valence-electron chi connectivity index (χ1n) is 12.2. The number of nitrogens with two attached hydrogens (primary N) is 2. The number of rotatable bonds is 3. The number of nitrogen functional groups attached to an aromatic ring is 1. The number of anilines is 1. The molecule has 10 heteroatoms. The monoisotopic (exact) mass is 515 g/mol. The fraction of sp³-hybridized carbons (Fsp3) is 0.103. The Morgan fingerprint density at radius 2 is 1.85 bits per heavy atom. The smallest absolute Gasteiger partial charge is 0.256 e. The van der Waals surface area contributed by atoms with Crippen molar-refractivity contribution in [3.63, 3.8) is 0 Å². The van der Waals surface area contributed by atoms with Crippen molar-refractivity contribution in [2.24, 2.45) is 12.8 Å². The summed E-state index contributed by atoms with van der Waals surface area (Å²) < 4.78 is 3.16. The van der Waals surface area contributed by atoms with E-state index in [9.17, 15) is 4.79 Å². The molecular weight excluding hydrogens is 490 g/mol. The van der Waals surface area contributed by atoms with Gasteiger partial charge in [0.2, 0.25) is 0 Å². The van der Waals surface area contributed by atoms with Crippen molar-refractivity contribution in [1.82, 2.24) is 34.6 Å². The third kappa shape index (κ3) is 5.28. The minimum atomic E-state index is -0.619. The SMILES string of the molecule is CCc1cc2nncc(C#Cc3ccn(C)n3)c2cc1-c1ccccc1.NC(=O)c1c(N)nn2cccnc12. The lowest BCUT2D eigenvalue weighted by Crippen LogP contribution is -2.12. The molecule has 0 saturated carbocycles. The van der Waals surface area contributed by atoms with Gasteiger partial charge in [-0.05, 0) is 53.3 Å². The first-order valence-corrected chi connectivity index (χ1v) is 12.2. The molecule has 1 amide bonds. The van der Waals surface area contributed by atoms with E-state index in [2.05, 4.69) is 80.5 Å². The maximum Gasteiger partial charge on any atom is 0.256 e. The van der Waals surface area contributed by atoms with Crippen LogP contribution in [0.1, 0.15) is 34.1 Å². The van der Waals surface area contributed by atoms with Crippen LogP contribution in [0.15, 0.2) is 79.4 Å². The van der Waals surface area contributed by atoms with Gasteiger partial charge in [0.15, 0.2) is 11.5 Å². The lowest BCUT2D eigenvalue weighted by molar-refractivity contribution is 0.100. The Morgan fingerprint density at radius 3 is 2.56 bits per heavy atom. The van der Waals surface area contributed by atoms with Crippen LogP contribution in [0.25, 0.3) is 27.7 Å². The van der Waals surface area contributed by atoms with Crippen LogP contribution in [0.3, 0.4) is 0 Å². The Labute approximate surface area is 224 Å². The van der Waals surface area contributed by atoms with Crippen molar-refractivity contribution in [3.8, 4) is 23.0 Å². The van der Waals surface area contributed by atoms with Crippen LogP contribution in [-0.4, -0.2) is 40.5 Å². The zero-order chi connectivity index (χ0) is 27.4. The van der Waals surface area contributed by atoms with Crippen molar-refractivity contribution >= 4 is 28.3 Å². The summed E-state index contributed by atoms with van der Waals surface area (Å²) in [7, 11) is 1.88. The van der Waals surface area contributed by atoms with Gasteiger partial charge >= 0.3 is 0 Å². The highest BCUT2D eigenvalue weighted by Crippen LogP contribution is 2.29. The van der Waals surface area contributed by atoms with E-state index in [1.54, 1.807) is 29.3 Å². The standard InChI is InChI=1S/C22H18N4.C7H7N5O/c1-3-16-13-22-21(14-20(16)17-7-5-4-6-8-17)18(15-23-24-22)9-10-19-11-12-26(2)25-19;8-5-4(6(9)13)7-10-2-1-3-12(7)11-5/h4-8,11-15H,3H2,1-2H3;1-3H,(H2,8,11)(H2,9,13). The molecule has 0 fully saturated rings. The first kappa shape index (κ1) is 25.1. The predicted molar refractivity (Wildman–Crippen MR) is 149 cm³/mol. The molecule has 0 aliphatic rings. The number of carbonyl (C=O) groups excluding carboxylic acids is 1. The van der Waals surface area contributed by atoms with Crippen molar-refractivity contribution < 1.29 is 4.79 Å². The Kier molecular flexibility index (Phi) is 6.96. The maximum absolute atomic E-state index is 10.9. The minimum absolute atomic E-state index is 0.103. The topological polar surface area (TPSA) is 143 Å². The molecule has 0 radical (unpaired) electrons. The second-order valence-electron chi connectivity index (χ2n) is 8.64. The van der Waals surface area contributed by atoms with Crippen molar-refractivity contribution in [3.05, 3.63) is 102 Å². The van der Waals surface area contributed by atoms with Crippen LogP contribution in [0.2, 0.25) is 0 Å². The number of nitrogens with zero attached hydrogens (tertiary/aromatic N) is 7. The molecule has 0 atom stereocenters. The van der Waals surface area contributed by atoms with Gasteiger partial charge in [-0.1, -0.05) is 43.2 Å². The number of amides is 1. The fourth-order valence-corrected chi connectivity index (χ4v) is 4.18. The zero-order valence-corrected chi connectivity index (χ0v) is 21.4. The summed E-state index contributed by atoms with van der Waals surface area (Å²) in [5.41, 5.74) is 17.3. The van der Waals surface area contributed by atoms with Crippen LogP contribution in [0.5, 0.6) is 0 Å². The number of aromatic nitrogens is 7. The summed E-state index contributed by atoms with van der Waals surface area (Å²) in [6.45, 7) is 2.16. The molecule has 4 N–H and O–H groups in total. The lowest BCUT2D eigenvalue weighted by atomic mass is 9.95. The van der Waals surface area contributed by atoms with Crippen LogP contribution in [-0.2, 0) is 13.5 Å². The zero-order valence-electron chi connectivity index (χ0n) is 21.4. The van der Waals surface area contributed by atoms with Gasteiger partial charge in [0.05, 0.1) is 17.3 Å². The van der Waals surface area contributed by atoms with Gasteiger partial charge in [0, 0.05) is 31.0 Å². The average molecular weight is 516 g/mol. The summed E-state index contributed by atoms with van der Waals surface area (Å²) in [5, 5.41) is 17.6. The number of hydrogen-bond acceptors (Lipinski definition) is 7. The fourth-order valence-electron chi connectivity index (χ4n) is 4.18. The van der Waals surface area contributed by atoms with Crippen molar-refractivity contribution in [2.75, 3.05) is 5.73 Å². The van der Waals surface area contributed by atoms with Crippen LogP contribution < -0.4 is 11.5 Å². The van der Waals surface area contributed by atoms with Crippen molar-refractivity contribution in [2.45, 2.75) is 13.3 Å². The molecule has 6 aromatic rings. The minimum Gasteiger partial charge on any atom is -0.381 e. The average Bonchev–Trinajstić information content (AvgIpc) is 3.53. The molecule has 0 saturated heterocycles. The predicted octanol–water partition coefficient (Wildman–Crippen LogP) is 3.40. The van der Waals surface area contributed by atoms with E-state index in [-0.39, 0.29) is 11.4 Å². The molecule has 0 aliphatic heterocycles. The van der Waals surface area contributed by atoms with Crippen LogP contribution >= 0.6 is 0 Å². The normalized spacial score (nSPS) is 10.5. The van der Waals surface area contributed by atoms with Gasteiger partial charge in [0.1, 0.15) is 11.3 Å². The third-order valence-corrected chi connectivity index (χ3v) is 6.04. The number of carbonyl (C=O) groups is 1. The van der Waals surface area contributed by atoms with Gasteiger partial charge < -0.3 is 11.5 Å². The molecular formula is C29H25N9O. The highest BCUT2D eigenvalue weighted by molar-refractivity contribution is 6.03. The van der Waals surface area contributed by atoms with Gasteiger partial charge in [-0.3, -0.25) is 9.48 Å². The number of aryl methyl sites for hydroxylation is 2. The molecule has 4 heterocycles. The summed E-state index contributed by atoms with van der Waals surface area (Å²) in [4.78, 5) is 14.9. The van der Waals surface area contributed by atoms with E-state index in [0.29, 0.717) is 5.65 Å². The van der Waals surface area contributed by atoms with Gasteiger partial charge in [-0.2, -0.15) is 15.3 Å². The molecule has 0 aliphatic carbocycles. The number of benzene rings is 2. The van der Waals surface area contributed by atoms with E-state index in [0.717, 1.165) is 28.6 Å². The third-order valence-electron chi connectivity index (χ3n) is 6.04. The maximum atomic E-state index is 10.9. The molecule has 39 heavy (non-hydrogen) atoms. The van der Waals surface area contributed by atoms with E-state index in [1.165, 1.54) is 21.2 Å². The number of fused-ring (bicyclic) bond motifs is 2. The Bertz CT molecular complexity index is 1860. The summed E-state index contributed by atoms with van der Waals surface area (Å²) >= 11 is 0. The quantitative estimate of drug-likeness (QED) is 0.344. The highest BCUT2D eigenvalue weighted by atomic mass is 16.1. The Hall–Kier alpha value is -5.56. The summed E-state index contributed by atoms with van der Waals surface area (Å²) in [6, 6.07) is 18.3. The van der Waals surface area contributed by atoms with Gasteiger partial charge in [-0.25, -0.2) is 9.50 Å². The lowest BCUT2D eigenvalue weighted by Gasteiger charge is -2.10. The van der Waals surface area contributed by atoms with E-state index in [4.69, 9.17) is 11.5 Å². The summed E-state index contributed by atoms with van der Waals surface area (Å²) in [6.07, 6.45) is 7.73. The molecule has 0 spiro atoms. The van der Waals surface area contributed by atoms with Crippen LogP contribution in [0.4, 0.5) is 5.82 Å². The second kappa shape index (κ2) is 10.8. The largest absolute Gasteiger partial charge is 0.381 e. The molecule has 0 bridgehead atoms. The van der Waals surface area contributed by atoms with Crippen molar-refractivity contribution in [1.29, 1.82) is 0 Å². The van der Waals surface area contributed by atoms with E-state index >= 15 is 0 Å². The Balaban J connectivity index is 0.000000198. The van der Waals surface area contributed by atoms with Crippen LogP contribution in [0, 0.1) is 11.8 Å². The number of primary amides is 1. The molecule has 2 aromatic carbocycles. The van der Waals surface area contributed by atoms with Gasteiger partial charge in [0.25, 0.3) is 5.91 Å². The van der Waals surface area contributed by atoms with E-state index < -0.39 is 5.91 Å².